The Morgan fingerprint density at radius 2 is 2.19 bits per heavy atom. The summed E-state index contributed by atoms with van der Waals surface area (Å²) in [5, 5.41) is 12.4. The lowest BCUT2D eigenvalue weighted by Crippen LogP contribution is -2.56. The second kappa shape index (κ2) is 6.20. The van der Waals surface area contributed by atoms with E-state index in [-0.39, 0.29) is 21.7 Å². The number of halogens is 2. The first-order valence-electron chi connectivity index (χ1n) is 6.71. The third kappa shape index (κ3) is 3.47. The SMILES string of the molecule is CC1CCCC(NC(=O)c2cnc(Cl)c(Cl)c2)(C(=O)O)C1. The van der Waals surface area contributed by atoms with Crippen molar-refractivity contribution in [2.75, 3.05) is 0 Å². The highest BCUT2D eigenvalue weighted by atomic mass is 35.5. The summed E-state index contributed by atoms with van der Waals surface area (Å²) in [4.78, 5) is 27.7. The molecule has 2 rings (SSSR count). The van der Waals surface area contributed by atoms with Crippen LogP contribution in [-0.2, 0) is 4.79 Å². The smallest absolute Gasteiger partial charge is 0.329 e. The van der Waals surface area contributed by atoms with Crippen molar-refractivity contribution in [1.82, 2.24) is 10.3 Å². The molecule has 0 spiro atoms. The number of pyridine rings is 1. The predicted octanol–water partition coefficient (Wildman–Crippen LogP) is 3.15. The first kappa shape index (κ1) is 16.0. The number of rotatable bonds is 3. The number of carboxylic acids is 1. The zero-order valence-electron chi connectivity index (χ0n) is 11.5. The third-order valence-electron chi connectivity index (χ3n) is 3.82. The lowest BCUT2D eigenvalue weighted by molar-refractivity contribution is -0.146. The quantitative estimate of drug-likeness (QED) is 0.834. The van der Waals surface area contributed by atoms with E-state index in [4.69, 9.17) is 23.2 Å². The van der Waals surface area contributed by atoms with E-state index in [2.05, 4.69) is 10.3 Å². The molecule has 21 heavy (non-hydrogen) atoms. The van der Waals surface area contributed by atoms with E-state index in [9.17, 15) is 14.7 Å². The van der Waals surface area contributed by atoms with Gasteiger partial charge in [0.15, 0.2) is 0 Å². The molecular formula is C14H16Cl2N2O3. The zero-order chi connectivity index (χ0) is 15.6. The molecule has 1 aliphatic carbocycles. The fourth-order valence-corrected chi connectivity index (χ4v) is 3.02. The summed E-state index contributed by atoms with van der Waals surface area (Å²) in [5.74, 6) is -1.25. The monoisotopic (exact) mass is 330 g/mol. The zero-order valence-corrected chi connectivity index (χ0v) is 13.0. The Morgan fingerprint density at radius 1 is 1.48 bits per heavy atom. The second-order valence-corrected chi connectivity index (χ2v) is 6.30. The number of hydrogen-bond donors (Lipinski definition) is 2. The number of carboxylic acid groups (broad SMARTS) is 1. The molecule has 2 unspecified atom stereocenters. The molecule has 0 bridgehead atoms. The van der Waals surface area contributed by atoms with Gasteiger partial charge in [0.2, 0.25) is 0 Å². The van der Waals surface area contributed by atoms with Crippen LogP contribution in [0.5, 0.6) is 0 Å². The van der Waals surface area contributed by atoms with E-state index in [1.165, 1.54) is 12.3 Å². The molecule has 114 valence electrons. The molecule has 1 heterocycles. The number of carbonyl (C=O) groups is 2. The van der Waals surface area contributed by atoms with E-state index in [0.29, 0.717) is 12.8 Å². The first-order valence-corrected chi connectivity index (χ1v) is 7.46. The maximum absolute atomic E-state index is 12.3. The van der Waals surface area contributed by atoms with Crippen molar-refractivity contribution in [3.8, 4) is 0 Å². The molecule has 0 aromatic carbocycles. The van der Waals surface area contributed by atoms with Gasteiger partial charge in [-0.1, -0.05) is 43.0 Å². The van der Waals surface area contributed by atoms with Crippen molar-refractivity contribution in [3.05, 3.63) is 28.0 Å². The molecule has 2 atom stereocenters. The van der Waals surface area contributed by atoms with Crippen molar-refractivity contribution in [2.45, 2.75) is 38.1 Å². The molecule has 0 radical (unpaired) electrons. The van der Waals surface area contributed by atoms with Crippen LogP contribution in [0.4, 0.5) is 0 Å². The second-order valence-electron chi connectivity index (χ2n) is 5.54. The minimum Gasteiger partial charge on any atom is -0.480 e. The normalized spacial score (nSPS) is 25.4. The summed E-state index contributed by atoms with van der Waals surface area (Å²) < 4.78 is 0. The van der Waals surface area contributed by atoms with Crippen LogP contribution in [0.15, 0.2) is 12.3 Å². The average Bonchev–Trinajstić information content (AvgIpc) is 2.41. The molecule has 1 amide bonds. The Hall–Kier alpha value is -1.33. The number of amides is 1. The van der Waals surface area contributed by atoms with E-state index in [1.807, 2.05) is 6.92 Å². The lowest BCUT2D eigenvalue weighted by atomic mass is 9.76. The highest BCUT2D eigenvalue weighted by Crippen LogP contribution is 2.33. The maximum Gasteiger partial charge on any atom is 0.329 e. The van der Waals surface area contributed by atoms with Crippen LogP contribution in [0.25, 0.3) is 0 Å². The molecule has 2 N–H and O–H groups in total. The van der Waals surface area contributed by atoms with Crippen molar-refractivity contribution in [2.24, 2.45) is 5.92 Å². The van der Waals surface area contributed by atoms with Crippen LogP contribution in [-0.4, -0.2) is 27.5 Å². The fraction of sp³-hybridized carbons (Fsp3) is 0.500. The van der Waals surface area contributed by atoms with Gasteiger partial charge in [0.05, 0.1) is 10.6 Å². The number of hydrogen-bond acceptors (Lipinski definition) is 3. The Kier molecular flexibility index (Phi) is 4.74. The Labute approximate surface area is 132 Å². The molecule has 1 aromatic heterocycles. The van der Waals surface area contributed by atoms with Crippen LogP contribution in [0.3, 0.4) is 0 Å². The summed E-state index contributed by atoms with van der Waals surface area (Å²) in [6.07, 6.45) is 3.87. The van der Waals surface area contributed by atoms with Gasteiger partial charge in [0.25, 0.3) is 5.91 Å². The molecular weight excluding hydrogens is 315 g/mol. The maximum atomic E-state index is 12.3. The number of nitrogens with one attached hydrogen (secondary N) is 1. The van der Waals surface area contributed by atoms with E-state index in [0.717, 1.165) is 12.8 Å². The van der Waals surface area contributed by atoms with Crippen molar-refractivity contribution >= 4 is 35.1 Å². The first-order chi connectivity index (χ1) is 9.84. The minimum atomic E-state index is -1.22. The summed E-state index contributed by atoms with van der Waals surface area (Å²) in [7, 11) is 0. The highest BCUT2D eigenvalue weighted by Gasteiger charge is 2.43. The van der Waals surface area contributed by atoms with Gasteiger partial charge >= 0.3 is 5.97 Å². The van der Waals surface area contributed by atoms with Crippen molar-refractivity contribution < 1.29 is 14.7 Å². The Balaban J connectivity index is 2.22. The predicted molar refractivity (Wildman–Crippen MR) is 79.7 cm³/mol. The lowest BCUT2D eigenvalue weighted by Gasteiger charge is -2.37. The molecule has 0 aliphatic heterocycles. The minimum absolute atomic E-state index is 0.104. The molecule has 0 saturated heterocycles. The largest absolute Gasteiger partial charge is 0.480 e. The summed E-state index contributed by atoms with van der Waals surface area (Å²) >= 11 is 11.5. The van der Waals surface area contributed by atoms with Crippen LogP contribution < -0.4 is 5.32 Å². The fourth-order valence-electron chi connectivity index (χ4n) is 2.75. The van der Waals surface area contributed by atoms with Crippen LogP contribution in [0, 0.1) is 5.92 Å². The van der Waals surface area contributed by atoms with E-state index < -0.39 is 17.4 Å². The molecule has 7 heteroatoms. The molecule has 5 nitrogen and oxygen atoms in total. The molecule has 1 saturated carbocycles. The average molecular weight is 331 g/mol. The van der Waals surface area contributed by atoms with E-state index >= 15 is 0 Å². The Morgan fingerprint density at radius 3 is 2.76 bits per heavy atom. The van der Waals surface area contributed by atoms with Gasteiger partial charge in [-0.25, -0.2) is 9.78 Å². The third-order valence-corrected chi connectivity index (χ3v) is 4.50. The van der Waals surface area contributed by atoms with Gasteiger partial charge in [-0.05, 0) is 24.8 Å². The van der Waals surface area contributed by atoms with Crippen LogP contribution >= 0.6 is 23.2 Å². The highest BCUT2D eigenvalue weighted by molar-refractivity contribution is 6.41. The molecule has 1 fully saturated rings. The van der Waals surface area contributed by atoms with Crippen LogP contribution in [0.2, 0.25) is 10.2 Å². The van der Waals surface area contributed by atoms with Gasteiger partial charge < -0.3 is 10.4 Å². The van der Waals surface area contributed by atoms with Gasteiger partial charge in [0.1, 0.15) is 10.7 Å². The van der Waals surface area contributed by atoms with Gasteiger partial charge in [-0.3, -0.25) is 4.79 Å². The molecule has 1 aliphatic rings. The van der Waals surface area contributed by atoms with Crippen molar-refractivity contribution in [1.29, 1.82) is 0 Å². The summed E-state index contributed by atoms with van der Waals surface area (Å²) in [5.41, 5.74) is -1.02. The van der Waals surface area contributed by atoms with Gasteiger partial charge in [0, 0.05) is 6.20 Å². The standard InChI is InChI=1S/C14H16Cl2N2O3/c1-8-3-2-4-14(6-8,13(20)21)18-12(19)9-5-10(15)11(16)17-7-9/h5,7-8H,2-4,6H2,1H3,(H,18,19)(H,20,21). The summed E-state index contributed by atoms with van der Waals surface area (Å²) in [6.45, 7) is 1.99. The van der Waals surface area contributed by atoms with Crippen LogP contribution in [0.1, 0.15) is 43.0 Å². The number of aliphatic carboxylic acids is 1. The van der Waals surface area contributed by atoms with Crippen molar-refractivity contribution in [3.63, 3.8) is 0 Å². The van der Waals surface area contributed by atoms with Gasteiger partial charge in [-0.15, -0.1) is 0 Å². The number of carbonyl (C=O) groups excluding carboxylic acids is 1. The van der Waals surface area contributed by atoms with E-state index in [1.54, 1.807) is 0 Å². The summed E-state index contributed by atoms with van der Waals surface area (Å²) in [6, 6.07) is 1.38. The van der Waals surface area contributed by atoms with Gasteiger partial charge in [-0.2, -0.15) is 0 Å². The topological polar surface area (TPSA) is 79.3 Å². The Bertz CT molecular complexity index is 579. The number of nitrogens with zero attached hydrogens (tertiary/aromatic N) is 1. The number of aromatic nitrogens is 1. The molecule has 1 aromatic rings.